The van der Waals surface area contributed by atoms with Crippen LogP contribution in [0.3, 0.4) is 0 Å². The van der Waals surface area contributed by atoms with Crippen LogP contribution in [0.25, 0.3) is 6.08 Å². The molecule has 1 saturated heterocycles. The zero-order chi connectivity index (χ0) is 30.2. The highest BCUT2D eigenvalue weighted by atomic mass is 79.9. The van der Waals surface area contributed by atoms with Crippen LogP contribution in [0.5, 0.6) is 17.2 Å². The Morgan fingerprint density at radius 1 is 1.05 bits per heavy atom. The van der Waals surface area contributed by atoms with Crippen LogP contribution in [-0.4, -0.2) is 46.6 Å². The van der Waals surface area contributed by atoms with Gasteiger partial charge in [-0.05, 0) is 95.1 Å². The van der Waals surface area contributed by atoms with Crippen LogP contribution in [0.2, 0.25) is 0 Å². The topological polar surface area (TPSA) is 137 Å². The molecule has 3 amide bonds. The predicted molar refractivity (Wildman–Crippen MR) is 162 cm³/mol. The number of nitrogens with zero attached hydrogens (tertiary/aromatic N) is 2. The monoisotopic (exact) mass is 655 g/mol. The van der Waals surface area contributed by atoms with Gasteiger partial charge in [-0.15, -0.1) is 0 Å². The van der Waals surface area contributed by atoms with Gasteiger partial charge in [0.1, 0.15) is 18.9 Å². The summed E-state index contributed by atoms with van der Waals surface area (Å²) >= 11 is 4.20. The van der Waals surface area contributed by atoms with Gasteiger partial charge in [0, 0.05) is 17.8 Å². The van der Waals surface area contributed by atoms with Gasteiger partial charge in [0.2, 0.25) is 5.91 Å². The highest BCUT2D eigenvalue weighted by Gasteiger charge is 2.36. The van der Waals surface area contributed by atoms with Gasteiger partial charge in [-0.1, -0.05) is 12.1 Å². The second-order valence-electron chi connectivity index (χ2n) is 8.75. The van der Waals surface area contributed by atoms with Crippen molar-refractivity contribution in [3.05, 3.63) is 91.3 Å². The maximum Gasteiger partial charge on any atom is 0.294 e. The molecule has 1 aliphatic rings. The quantitative estimate of drug-likeness (QED) is 0.133. The number of nitrogens with one attached hydrogen (secondary N) is 1. The molecule has 0 aliphatic carbocycles. The molecule has 0 bridgehead atoms. The fraction of sp³-hybridized carbons (Fsp3) is 0.207. The number of hydrogen-bond acceptors (Lipinski definition) is 9. The summed E-state index contributed by atoms with van der Waals surface area (Å²) in [5.41, 5.74) is 1.62. The summed E-state index contributed by atoms with van der Waals surface area (Å²) in [6.45, 7) is 4.12. The molecule has 42 heavy (non-hydrogen) atoms. The first kappa shape index (κ1) is 30.6. The van der Waals surface area contributed by atoms with Gasteiger partial charge in [-0.25, -0.2) is 0 Å². The molecule has 0 radical (unpaired) electrons. The SMILES string of the molecule is CCOc1ccc(NC(=O)CN2C(=O)S/C(=C/c3cc(Br)c(OCc4cccc([N+](=O)[O-])c4)c(OCC)c3)C2=O)cc1. The standard InChI is InChI=1S/C29H26BrN3O8S/c1-3-39-22-10-8-20(9-11-22)31-26(34)16-32-28(35)25(42-29(32)36)15-19-13-23(30)27(24(14-19)40-4-2)41-17-18-6-5-7-21(12-18)33(37)38/h5-15H,3-4,16-17H2,1-2H3,(H,31,34)/b25-15+. The fourth-order valence-electron chi connectivity index (χ4n) is 3.92. The van der Waals surface area contributed by atoms with Crippen molar-refractivity contribution in [2.75, 3.05) is 25.1 Å². The molecule has 1 N–H and O–H groups in total. The molecule has 3 aromatic carbocycles. The number of carbonyl (C=O) groups excluding carboxylic acids is 3. The van der Waals surface area contributed by atoms with Gasteiger partial charge in [-0.3, -0.25) is 29.4 Å². The minimum Gasteiger partial charge on any atom is -0.494 e. The van der Waals surface area contributed by atoms with Gasteiger partial charge < -0.3 is 19.5 Å². The lowest BCUT2D eigenvalue weighted by Crippen LogP contribution is -2.36. The Kier molecular flexibility index (Phi) is 10.2. The summed E-state index contributed by atoms with van der Waals surface area (Å²) in [7, 11) is 0. The lowest BCUT2D eigenvalue weighted by molar-refractivity contribution is -0.384. The number of anilines is 1. The minimum absolute atomic E-state index is 0.0434. The maximum absolute atomic E-state index is 13.0. The first-order chi connectivity index (χ1) is 20.2. The molecule has 11 nitrogen and oxygen atoms in total. The largest absolute Gasteiger partial charge is 0.494 e. The third-order valence-electron chi connectivity index (χ3n) is 5.76. The van der Waals surface area contributed by atoms with E-state index in [1.165, 1.54) is 18.2 Å². The van der Waals surface area contributed by atoms with Gasteiger partial charge in [0.25, 0.3) is 16.8 Å². The number of ether oxygens (including phenoxy) is 3. The maximum atomic E-state index is 13.0. The smallest absolute Gasteiger partial charge is 0.294 e. The molecule has 218 valence electrons. The van der Waals surface area contributed by atoms with Crippen LogP contribution in [-0.2, 0) is 16.2 Å². The lowest BCUT2D eigenvalue weighted by Gasteiger charge is -2.15. The number of hydrogen-bond donors (Lipinski definition) is 1. The van der Waals surface area contributed by atoms with Crippen molar-refractivity contribution in [3.63, 3.8) is 0 Å². The number of nitro groups is 1. The first-order valence-corrected chi connectivity index (χ1v) is 14.4. The number of benzene rings is 3. The Labute approximate surface area is 254 Å². The molecule has 1 fully saturated rings. The second kappa shape index (κ2) is 14.0. The Balaban J connectivity index is 1.46. The van der Waals surface area contributed by atoms with Gasteiger partial charge in [-0.2, -0.15) is 0 Å². The number of imide groups is 1. The van der Waals surface area contributed by atoms with Crippen molar-refractivity contribution >= 4 is 62.2 Å². The number of carbonyl (C=O) groups is 3. The fourth-order valence-corrected chi connectivity index (χ4v) is 5.34. The molecule has 0 atom stereocenters. The highest BCUT2D eigenvalue weighted by molar-refractivity contribution is 9.10. The molecule has 0 unspecified atom stereocenters. The average Bonchev–Trinajstić information content (AvgIpc) is 3.21. The predicted octanol–water partition coefficient (Wildman–Crippen LogP) is 6.41. The van der Waals surface area contributed by atoms with Crippen molar-refractivity contribution in [2.45, 2.75) is 20.5 Å². The van der Waals surface area contributed by atoms with Crippen molar-refractivity contribution in [1.82, 2.24) is 4.90 Å². The second-order valence-corrected chi connectivity index (χ2v) is 10.6. The number of amides is 3. The van der Waals surface area contributed by atoms with Crippen molar-refractivity contribution in [1.29, 1.82) is 0 Å². The van der Waals surface area contributed by atoms with Crippen LogP contribution in [0, 0.1) is 10.1 Å². The minimum atomic E-state index is -0.591. The lowest BCUT2D eigenvalue weighted by atomic mass is 10.1. The van der Waals surface area contributed by atoms with E-state index in [9.17, 15) is 24.5 Å². The number of nitro benzene ring substituents is 1. The third-order valence-corrected chi connectivity index (χ3v) is 7.25. The summed E-state index contributed by atoms with van der Waals surface area (Å²) in [6, 6.07) is 16.2. The Morgan fingerprint density at radius 3 is 2.48 bits per heavy atom. The molecule has 13 heteroatoms. The van der Waals surface area contributed by atoms with E-state index in [-0.39, 0.29) is 17.2 Å². The van der Waals surface area contributed by atoms with E-state index in [2.05, 4.69) is 21.2 Å². The summed E-state index contributed by atoms with van der Waals surface area (Å²) in [4.78, 5) is 49.8. The van der Waals surface area contributed by atoms with Gasteiger partial charge in [0.15, 0.2) is 11.5 Å². The summed E-state index contributed by atoms with van der Waals surface area (Å²) in [5.74, 6) is 0.297. The molecular formula is C29H26BrN3O8S. The Morgan fingerprint density at radius 2 is 1.79 bits per heavy atom. The van der Waals surface area contributed by atoms with E-state index in [1.54, 1.807) is 55.5 Å². The molecule has 3 aromatic rings. The summed E-state index contributed by atoms with van der Waals surface area (Å²) < 4.78 is 17.6. The van der Waals surface area contributed by atoms with E-state index in [1.807, 2.05) is 6.92 Å². The van der Waals surface area contributed by atoms with Crippen molar-refractivity contribution in [3.8, 4) is 17.2 Å². The van der Waals surface area contributed by atoms with E-state index in [0.717, 1.165) is 16.7 Å². The van der Waals surface area contributed by atoms with E-state index >= 15 is 0 Å². The molecule has 0 spiro atoms. The summed E-state index contributed by atoms with van der Waals surface area (Å²) in [6.07, 6.45) is 1.53. The van der Waals surface area contributed by atoms with Gasteiger partial charge >= 0.3 is 0 Å². The Bertz CT molecular complexity index is 1540. The van der Waals surface area contributed by atoms with Crippen LogP contribution < -0.4 is 19.5 Å². The Hall–Kier alpha value is -4.36. The summed E-state index contributed by atoms with van der Waals surface area (Å²) in [5, 5.41) is 13.2. The third kappa shape index (κ3) is 7.68. The number of rotatable bonds is 12. The normalized spacial score (nSPS) is 13.8. The molecular weight excluding hydrogens is 630 g/mol. The van der Waals surface area contributed by atoms with Crippen molar-refractivity contribution in [2.24, 2.45) is 0 Å². The molecule has 0 saturated carbocycles. The van der Waals surface area contributed by atoms with Gasteiger partial charge in [0.05, 0.1) is 27.5 Å². The van der Waals surface area contributed by atoms with Crippen LogP contribution in [0.1, 0.15) is 25.0 Å². The highest BCUT2D eigenvalue weighted by Crippen LogP contribution is 2.40. The number of halogens is 1. The number of non-ortho nitro benzene ring substituents is 1. The zero-order valence-corrected chi connectivity index (χ0v) is 25.0. The van der Waals surface area contributed by atoms with Crippen LogP contribution >= 0.6 is 27.7 Å². The molecule has 0 aromatic heterocycles. The van der Waals surface area contributed by atoms with E-state index < -0.39 is 28.5 Å². The van der Waals surface area contributed by atoms with E-state index in [0.29, 0.717) is 51.7 Å². The molecule has 4 rings (SSSR count). The van der Waals surface area contributed by atoms with Crippen molar-refractivity contribution < 1.29 is 33.5 Å². The van der Waals surface area contributed by atoms with Crippen LogP contribution in [0.4, 0.5) is 16.2 Å². The van der Waals surface area contributed by atoms with Crippen LogP contribution in [0.15, 0.2) is 70.0 Å². The average molecular weight is 657 g/mol. The molecule has 1 heterocycles. The zero-order valence-electron chi connectivity index (χ0n) is 22.6. The molecule has 1 aliphatic heterocycles. The first-order valence-electron chi connectivity index (χ1n) is 12.8. The number of thioether (sulfide) groups is 1. The van der Waals surface area contributed by atoms with E-state index in [4.69, 9.17) is 14.2 Å².